The minimum atomic E-state index is -0.998. The number of nitro groups is 1. The first kappa shape index (κ1) is 14.1. The molecule has 0 unspecified atom stereocenters. The number of amides is 2. The van der Waals surface area contributed by atoms with Gasteiger partial charge in [0, 0.05) is 6.07 Å². The van der Waals surface area contributed by atoms with Crippen LogP contribution in [0.1, 0.15) is 0 Å². The standard InChI is InChI=1S/C8H10N6O5/c9-7-6(14(18)19)4(10-1-2-15)3-5(11-7)12-8(16)13-17/h2-3,17H,1H2,(H5,9,10,11,12,13,16). The molecule has 6 N–H and O–H groups in total. The van der Waals surface area contributed by atoms with Crippen LogP contribution in [0.15, 0.2) is 6.07 Å². The number of hydroxylamine groups is 1. The molecule has 1 heterocycles. The Bertz CT molecular complexity index is 519. The highest BCUT2D eigenvalue weighted by Gasteiger charge is 2.21. The molecule has 11 heteroatoms. The molecule has 19 heavy (non-hydrogen) atoms. The Balaban J connectivity index is 3.17. The second kappa shape index (κ2) is 6.11. The molecule has 0 aliphatic heterocycles. The van der Waals surface area contributed by atoms with Gasteiger partial charge in [0.25, 0.3) is 0 Å². The third kappa shape index (κ3) is 3.50. The summed E-state index contributed by atoms with van der Waals surface area (Å²) >= 11 is 0. The second-order valence-corrected chi connectivity index (χ2v) is 3.16. The van der Waals surface area contributed by atoms with Crippen molar-refractivity contribution < 1.29 is 19.7 Å². The Kier molecular flexibility index (Phi) is 4.54. The van der Waals surface area contributed by atoms with E-state index < -0.39 is 22.5 Å². The maximum Gasteiger partial charge on any atom is 0.344 e. The zero-order valence-corrected chi connectivity index (χ0v) is 9.41. The van der Waals surface area contributed by atoms with E-state index in [0.717, 1.165) is 6.07 Å². The highest BCUT2D eigenvalue weighted by molar-refractivity contribution is 5.89. The van der Waals surface area contributed by atoms with E-state index in [9.17, 15) is 19.7 Å². The van der Waals surface area contributed by atoms with E-state index in [1.807, 2.05) is 0 Å². The Morgan fingerprint density at radius 3 is 2.84 bits per heavy atom. The predicted molar refractivity (Wildman–Crippen MR) is 63.8 cm³/mol. The Labute approximate surface area is 105 Å². The first-order valence-electron chi connectivity index (χ1n) is 4.83. The molecule has 0 atom stereocenters. The summed E-state index contributed by atoms with van der Waals surface area (Å²) in [5.74, 6) is -0.586. The second-order valence-electron chi connectivity index (χ2n) is 3.16. The molecule has 0 saturated heterocycles. The maximum absolute atomic E-state index is 10.9. The normalized spacial score (nSPS) is 9.53. The lowest BCUT2D eigenvalue weighted by Crippen LogP contribution is -2.26. The van der Waals surface area contributed by atoms with Gasteiger partial charge in [-0.05, 0) is 0 Å². The van der Waals surface area contributed by atoms with Crippen molar-refractivity contribution in [2.75, 3.05) is 22.9 Å². The van der Waals surface area contributed by atoms with Gasteiger partial charge >= 0.3 is 11.7 Å². The van der Waals surface area contributed by atoms with Gasteiger partial charge in [0.2, 0.25) is 5.82 Å². The van der Waals surface area contributed by atoms with Crippen molar-refractivity contribution in [3.8, 4) is 0 Å². The van der Waals surface area contributed by atoms with Crippen molar-refractivity contribution >= 4 is 35.3 Å². The van der Waals surface area contributed by atoms with Crippen LogP contribution >= 0.6 is 0 Å². The number of aldehydes is 1. The van der Waals surface area contributed by atoms with Crippen LogP contribution in [0.3, 0.4) is 0 Å². The molecule has 1 rings (SSSR count). The summed E-state index contributed by atoms with van der Waals surface area (Å²) in [6, 6.07) is 0.106. The van der Waals surface area contributed by atoms with Crippen LogP contribution < -0.4 is 21.8 Å². The van der Waals surface area contributed by atoms with Crippen LogP contribution in [0.4, 0.5) is 27.8 Å². The Morgan fingerprint density at radius 1 is 1.63 bits per heavy atom. The van der Waals surface area contributed by atoms with Crippen molar-refractivity contribution in [3.05, 3.63) is 16.2 Å². The SMILES string of the molecule is Nc1nc(NC(=O)NO)cc(NCC=O)c1[N+](=O)[O-]. The van der Waals surface area contributed by atoms with Gasteiger partial charge < -0.3 is 15.8 Å². The summed E-state index contributed by atoms with van der Waals surface area (Å²) < 4.78 is 0. The zero-order valence-electron chi connectivity index (χ0n) is 9.41. The zero-order chi connectivity index (χ0) is 14.4. The number of rotatable bonds is 5. The number of nitrogens with zero attached hydrogens (tertiary/aromatic N) is 2. The molecule has 1 aromatic heterocycles. The van der Waals surface area contributed by atoms with Gasteiger partial charge in [-0.2, -0.15) is 0 Å². The molecule has 0 aliphatic rings. The molecule has 0 radical (unpaired) electrons. The molecule has 0 aliphatic carbocycles. The van der Waals surface area contributed by atoms with Crippen LogP contribution in [0.25, 0.3) is 0 Å². The fourth-order valence-electron chi connectivity index (χ4n) is 1.24. The number of carbonyl (C=O) groups excluding carboxylic acids is 2. The van der Waals surface area contributed by atoms with Crippen LogP contribution in [-0.2, 0) is 4.79 Å². The van der Waals surface area contributed by atoms with Crippen molar-refractivity contribution in [3.63, 3.8) is 0 Å². The largest absolute Gasteiger partial charge is 0.378 e. The predicted octanol–water partition coefficient (Wildman–Crippen LogP) is -0.307. The molecular weight excluding hydrogens is 260 g/mol. The summed E-state index contributed by atoms with van der Waals surface area (Å²) in [6.07, 6.45) is 0.494. The fourth-order valence-corrected chi connectivity index (χ4v) is 1.24. The number of urea groups is 1. The Morgan fingerprint density at radius 2 is 2.32 bits per heavy atom. The van der Waals surface area contributed by atoms with Crippen LogP contribution in [0.2, 0.25) is 0 Å². The number of hydrogen-bond acceptors (Lipinski definition) is 8. The van der Waals surface area contributed by atoms with Crippen molar-refractivity contribution in [1.29, 1.82) is 0 Å². The summed E-state index contributed by atoms with van der Waals surface area (Å²) in [5.41, 5.74) is 6.09. The van der Waals surface area contributed by atoms with Gasteiger partial charge in [-0.25, -0.2) is 15.3 Å². The molecule has 0 bridgehead atoms. The number of carbonyl (C=O) groups is 2. The minimum absolute atomic E-state index is 0.0853. The van der Waals surface area contributed by atoms with Gasteiger partial charge in [-0.1, -0.05) is 0 Å². The summed E-state index contributed by atoms with van der Waals surface area (Å²) in [7, 11) is 0. The first-order valence-corrected chi connectivity index (χ1v) is 4.83. The fraction of sp³-hybridized carbons (Fsp3) is 0.125. The van der Waals surface area contributed by atoms with Gasteiger partial charge in [0.05, 0.1) is 11.5 Å². The molecule has 0 spiro atoms. The number of nitrogens with two attached hydrogens (primary N) is 1. The molecule has 102 valence electrons. The van der Waals surface area contributed by atoms with Crippen LogP contribution in [-0.4, -0.2) is 34.0 Å². The topological polar surface area (TPSA) is 173 Å². The van der Waals surface area contributed by atoms with E-state index in [2.05, 4.69) is 15.6 Å². The summed E-state index contributed by atoms with van der Waals surface area (Å²) in [5, 5.41) is 23.7. The maximum atomic E-state index is 10.9. The minimum Gasteiger partial charge on any atom is -0.378 e. The number of nitrogen functional groups attached to an aromatic ring is 1. The first-order chi connectivity index (χ1) is 8.99. The number of aromatic nitrogens is 1. The molecule has 1 aromatic rings. The highest BCUT2D eigenvalue weighted by atomic mass is 16.6. The van der Waals surface area contributed by atoms with E-state index in [1.165, 1.54) is 5.48 Å². The van der Waals surface area contributed by atoms with E-state index in [4.69, 9.17) is 10.9 Å². The van der Waals surface area contributed by atoms with E-state index >= 15 is 0 Å². The van der Waals surface area contributed by atoms with Crippen LogP contribution in [0, 0.1) is 10.1 Å². The lowest BCUT2D eigenvalue weighted by Gasteiger charge is -2.09. The average molecular weight is 270 g/mol. The third-order valence-electron chi connectivity index (χ3n) is 1.92. The molecule has 0 saturated carbocycles. The quantitative estimate of drug-likeness (QED) is 0.210. The lowest BCUT2D eigenvalue weighted by atomic mass is 10.3. The molecule has 0 fully saturated rings. The summed E-state index contributed by atoms with van der Waals surface area (Å²) in [6.45, 7) is -0.185. The average Bonchev–Trinajstić information content (AvgIpc) is 2.34. The van der Waals surface area contributed by atoms with E-state index in [1.54, 1.807) is 0 Å². The highest BCUT2D eigenvalue weighted by Crippen LogP contribution is 2.31. The number of hydrogen-bond donors (Lipinski definition) is 5. The lowest BCUT2D eigenvalue weighted by molar-refractivity contribution is -0.383. The number of anilines is 3. The molecule has 11 nitrogen and oxygen atoms in total. The van der Waals surface area contributed by atoms with E-state index in [0.29, 0.717) is 6.29 Å². The number of nitrogens with one attached hydrogen (secondary N) is 3. The van der Waals surface area contributed by atoms with Gasteiger partial charge in [-0.3, -0.25) is 20.6 Å². The summed E-state index contributed by atoms with van der Waals surface area (Å²) in [4.78, 5) is 34.8. The van der Waals surface area contributed by atoms with Gasteiger partial charge in [0.15, 0.2) is 0 Å². The molecule has 2 amide bonds. The van der Waals surface area contributed by atoms with Crippen molar-refractivity contribution in [1.82, 2.24) is 10.5 Å². The van der Waals surface area contributed by atoms with Gasteiger partial charge in [0.1, 0.15) is 17.8 Å². The molecule has 0 aromatic carbocycles. The smallest absolute Gasteiger partial charge is 0.344 e. The van der Waals surface area contributed by atoms with Crippen molar-refractivity contribution in [2.45, 2.75) is 0 Å². The van der Waals surface area contributed by atoms with E-state index in [-0.39, 0.29) is 18.1 Å². The monoisotopic (exact) mass is 270 g/mol. The molecular formula is C8H10N6O5. The third-order valence-corrected chi connectivity index (χ3v) is 1.92. The van der Waals surface area contributed by atoms with Gasteiger partial charge in [-0.15, -0.1) is 0 Å². The number of pyridine rings is 1. The Hall–Kier alpha value is -2.95. The van der Waals surface area contributed by atoms with Crippen molar-refractivity contribution in [2.24, 2.45) is 0 Å². The van der Waals surface area contributed by atoms with Crippen LogP contribution in [0.5, 0.6) is 0 Å².